The SMILES string of the molecule is CC[C@]12c3c4ccc(OC)c3O[C@H]1C1(CC[C@H]2C2OC(=O)N(C)C42)OCCO1. The van der Waals surface area contributed by atoms with E-state index in [1.165, 1.54) is 0 Å². The summed E-state index contributed by atoms with van der Waals surface area (Å²) in [6.45, 7) is 3.35. The summed E-state index contributed by atoms with van der Waals surface area (Å²) in [6, 6.07) is 3.91. The molecular formula is C21H25NO6. The van der Waals surface area contributed by atoms with Gasteiger partial charge >= 0.3 is 6.09 Å². The lowest BCUT2D eigenvalue weighted by Gasteiger charge is -2.55. The molecule has 0 aromatic heterocycles. The predicted octanol–water partition coefficient (Wildman–Crippen LogP) is 2.76. The zero-order chi connectivity index (χ0) is 19.3. The second-order valence-corrected chi connectivity index (χ2v) is 8.51. The molecule has 1 spiro atoms. The Balaban J connectivity index is 1.64. The van der Waals surface area contributed by atoms with Crippen molar-refractivity contribution in [2.45, 2.75) is 55.6 Å². The molecule has 0 bridgehead atoms. The molecule has 3 aliphatic heterocycles. The van der Waals surface area contributed by atoms with Crippen molar-refractivity contribution in [1.82, 2.24) is 4.90 Å². The van der Waals surface area contributed by atoms with Gasteiger partial charge in [-0.15, -0.1) is 0 Å². The van der Waals surface area contributed by atoms with Crippen molar-refractivity contribution in [3.05, 3.63) is 23.3 Å². The van der Waals surface area contributed by atoms with E-state index >= 15 is 0 Å². The molecule has 1 aromatic rings. The van der Waals surface area contributed by atoms with E-state index in [-0.39, 0.29) is 35.7 Å². The Hall–Kier alpha value is -1.99. The number of rotatable bonds is 2. The zero-order valence-electron chi connectivity index (χ0n) is 16.4. The van der Waals surface area contributed by atoms with Crippen LogP contribution in [0.5, 0.6) is 11.5 Å². The molecule has 0 radical (unpaired) electrons. The lowest BCUT2D eigenvalue weighted by atomic mass is 9.52. The molecule has 5 atom stereocenters. The fraction of sp³-hybridized carbons (Fsp3) is 0.667. The largest absolute Gasteiger partial charge is 0.493 e. The number of carbonyl (C=O) groups is 1. The predicted molar refractivity (Wildman–Crippen MR) is 97.5 cm³/mol. The highest BCUT2D eigenvalue weighted by Crippen LogP contribution is 2.67. The van der Waals surface area contributed by atoms with Gasteiger partial charge in [0.25, 0.3) is 0 Å². The highest BCUT2D eigenvalue weighted by Gasteiger charge is 2.72. The van der Waals surface area contributed by atoms with Gasteiger partial charge in [-0.3, -0.25) is 0 Å². The van der Waals surface area contributed by atoms with Gasteiger partial charge in [0.1, 0.15) is 6.10 Å². The van der Waals surface area contributed by atoms with Crippen LogP contribution >= 0.6 is 0 Å². The number of fused-ring (bicyclic) bond motifs is 4. The third-order valence-corrected chi connectivity index (χ3v) is 7.74. The molecule has 5 aliphatic rings. The average molecular weight is 387 g/mol. The molecule has 2 aliphatic carbocycles. The molecule has 3 heterocycles. The number of ether oxygens (including phenoxy) is 5. The Morgan fingerprint density at radius 2 is 2.04 bits per heavy atom. The Morgan fingerprint density at radius 3 is 2.75 bits per heavy atom. The van der Waals surface area contributed by atoms with Crippen LogP contribution in [-0.4, -0.2) is 56.4 Å². The smallest absolute Gasteiger partial charge is 0.410 e. The summed E-state index contributed by atoms with van der Waals surface area (Å²) in [7, 11) is 3.49. The van der Waals surface area contributed by atoms with Crippen molar-refractivity contribution in [2.75, 3.05) is 27.4 Å². The van der Waals surface area contributed by atoms with Crippen LogP contribution in [-0.2, 0) is 19.6 Å². The third kappa shape index (κ3) is 1.68. The highest BCUT2D eigenvalue weighted by atomic mass is 16.8. The number of hydrogen-bond donors (Lipinski definition) is 0. The Bertz CT molecular complexity index is 865. The second-order valence-electron chi connectivity index (χ2n) is 8.51. The molecule has 1 amide bonds. The minimum Gasteiger partial charge on any atom is -0.493 e. The maximum atomic E-state index is 12.5. The van der Waals surface area contributed by atoms with Gasteiger partial charge in [0.2, 0.25) is 5.79 Å². The van der Waals surface area contributed by atoms with Gasteiger partial charge in [0, 0.05) is 30.4 Å². The first-order valence-corrected chi connectivity index (χ1v) is 10.2. The monoisotopic (exact) mass is 387 g/mol. The highest BCUT2D eigenvalue weighted by molar-refractivity contribution is 5.73. The number of carbonyl (C=O) groups excluding carboxylic acids is 1. The summed E-state index contributed by atoms with van der Waals surface area (Å²) in [6.07, 6.45) is 1.74. The van der Waals surface area contributed by atoms with Crippen molar-refractivity contribution in [1.29, 1.82) is 0 Å². The molecule has 7 heteroatoms. The summed E-state index contributed by atoms with van der Waals surface area (Å²) in [4.78, 5) is 14.2. The summed E-state index contributed by atoms with van der Waals surface area (Å²) >= 11 is 0. The van der Waals surface area contributed by atoms with E-state index in [1.54, 1.807) is 12.0 Å². The Labute approximate surface area is 163 Å². The van der Waals surface area contributed by atoms with E-state index in [9.17, 15) is 4.79 Å². The van der Waals surface area contributed by atoms with E-state index in [4.69, 9.17) is 23.7 Å². The maximum Gasteiger partial charge on any atom is 0.410 e. The summed E-state index contributed by atoms with van der Waals surface area (Å²) < 4.78 is 30.6. The Morgan fingerprint density at radius 1 is 1.25 bits per heavy atom. The minimum absolute atomic E-state index is 0.0985. The van der Waals surface area contributed by atoms with Gasteiger partial charge in [-0.25, -0.2) is 4.79 Å². The normalized spacial score (nSPS) is 38.8. The number of nitrogens with zero attached hydrogens (tertiary/aromatic N) is 1. The van der Waals surface area contributed by atoms with Crippen LogP contribution in [0.25, 0.3) is 0 Å². The van der Waals surface area contributed by atoms with Crippen molar-refractivity contribution >= 4 is 6.09 Å². The molecule has 2 unspecified atom stereocenters. The quantitative estimate of drug-likeness (QED) is 0.778. The van der Waals surface area contributed by atoms with Crippen LogP contribution in [0.3, 0.4) is 0 Å². The fourth-order valence-corrected chi connectivity index (χ4v) is 6.68. The number of benzene rings is 1. The average Bonchev–Trinajstić information content (AvgIpc) is 3.39. The molecule has 7 nitrogen and oxygen atoms in total. The third-order valence-electron chi connectivity index (χ3n) is 7.74. The van der Waals surface area contributed by atoms with Crippen LogP contribution < -0.4 is 9.47 Å². The second kappa shape index (κ2) is 5.33. The molecule has 3 fully saturated rings. The van der Waals surface area contributed by atoms with E-state index in [0.717, 1.165) is 41.9 Å². The van der Waals surface area contributed by atoms with Gasteiger partial charge in [-0.05, 0) is 24.5 Å². The van der Waals surface area contributed by atoms with E-state index in [0.29, 0.717) is 13.2 Å². The molecular weight excluding hydrogens is 362 g/mol. The van der Waals surface area contributed by atoms with Crippen LogP contribution in [0, 0.1) is 5.92 Å². The molecule has 6 rings (SSSR count). The van der Waals surface area contributed by atoms with Gasteiger partial charge < -0.3 is 28.6 Å². The van der Waals surface area contributed by atoms with Crippen LogP contribution in [0.15, 0.2) is 12.1 Å². The molecule has 2 saturated heterocycles. The topological polar surface area (TPSA) is 66.5 Å². The lowest BCUT2D eigenvalue weighted by Crippen LogP contribution is -2.65. The van der Waals surface area contributed by atoms with Gasteiger partial charge in [-0.2, -0.15) is 0 Å². The van der Waals surface area contributed by atoms with Crippen molar-refractivity contribution in [3.63, 3.8) is 0 Å². The molecule has 1 saturated carbocycles. The van der Waals surface area contributed by atoms with Crippen LogP contribution in [0.4, 0.5) is 4.79 Å². The molecule has 0 N–H and O–H groups in total. The maximum absolute atomic E-state index is 12.5. The van der Waals surface area contributed by atoms with Gasteiger partial charge in [-0.1, -0.05) is 13.0 Å². The summed E-state index contributed by atoms with van der Waals surface area (Å²) in [5.41, 5.74) is 1.94. The minimum atomic E-state index is -0.741. The van der Waals surface area contributed by atoms with E-state index in [2.05, 4.69) is 13.0 Å². The molecule has 150 valence electrons. The zero-order valence-corrected chi connectivity index (χ0v) is 16.4. The molecule has 28 heavy (non-hydrogen) atoms. The standard InChI is InChI=1S/C21H25NO6/c1-4-20-12-7-8-21(25-9-10-26-21)18(20)27-17-13(24-3)6-5-11(14(17)20)15-16(12)28-19(23)22(15)2/h5-6,12,15-16,18H,4,7-10H2,1-3H3/t12-,15?,16?,18+,20-/m0/s1. The summed E-state index contributed by atoms with van der Waals surface area (Å²) in [5.74, 6) is 0.915. The van der Waals surface area contributed by atoms with Crippen molar-refractivity contribution in [3.8, 4) is 11.5 Å². The number of likely N-dealkylation sites (N-methyl/N-ethyl adjacent to an activating group) is 1. The van der Waals surface area contributed by atoms with E-state index in [1.807, 2.05) is 13.1 Å². The Kier molecular flexibility index (Phi) is 3.22. The number of amides is 1. The summed E-state index contributed by atoms with van der Waals surface area (Å²) in [5, 5.41) is 0. The number of methoxy groups -OCH3 is 1. The van der Waals surface area contributed by atoms with Gasteiger partial charge in [0.05, 0.1) is 26.4 Å². The van der Waals surface area contributed by atoms with E-state index < -0.39 is 5.79 Å². The first-order valence-electron chi connectivity index (χ1n) is 10.2. The van der Waals surface area contributed by atoms with Crippen molar-refractivity contribution in [2.24, 2.45) is 5.92 Å². The first kappa shape index (κ1) is 16.9. The lowest BCUT2D eigenvalue weighted by molar-refractivity contribution is -0.257. The van der Waals surface area contributed by atoms with Gasteiger partial charge in [0.15, 0.2) is 17.6 Å². The van der Waals surface area contributed by atoms with Crippen LogP contribution in [0.1, 0.15) is 43.4 Å². The fourth-order valence-electron chi connectivity index (χ4n) is 6.68. The van der Waals surface area contributed by atoms with Crippen LogP contribution in [0.2, 0.25) is 0 Å². The first-order chi connectivity index (χ1) is 13.6. The number of hydrogen-bond acceptors (Lipinski definition) is 6. The van der Waals surface area contributed by atoms with Crippen molar-refractivity contribution < 1.29 is 28.5 Å². The molecule has 1 aromatic carbocycles.